The molecule has 0 aliphatic carbocycles. The summed E-state index contributed by atoms with van der Waals surface area (Å²) < 4.78 is 5.42. The van der Waals surface area contributed by atoms with Gasteiger partial charge in [0.05, 0.1) is 0 Å². The lowest BCUT2D eigenvalue weighted by Gasteiger charge is -2.33. The molecule has 2 heterocycles. The number of aryl methyl sites for hydroxylation is 1. The highest BCUT2D eigenvalue weighted by atomic mass is 35.5. The molecule has 1 aromatic heterocycles. The highest BCUT2D eigenvalue weighted by molar-refractivity contribution is 7.99. The molecule has 7 heteroatoms. The molecule has 128 valence electrons. The Balaban J connectivity index is 1.77. The summed E-state index contributed by atoms with van der Waals surface area (Å²) in [6.45, 7) is 9.08. The van der Waals surface area contributed by atoms with E-state index >= 15 is 0 Å². The van der Waals surface area contributed by atoms with Crippen molar-refractivity contribution in [2.24, 2.45) is 5.92 Å². The third-order valence-corrected chi connectivity index (χ3v) is 4.79. The van der Waals surface area contributed by atoms with Crippen LogP contribution >= 0.6 is 23.4 Å². The summed E-state index contributed by atoms with van der Waals surface area (Å²) in [5, 5.41) is 1.21. The number of hydrogen-bond donors (Lipinski definition) is 0. The molecule has 0 radical (unpaired) electrons. The summed E-state index contributed by atoms with van der Waals surface area (Å²) in [5.74, 6) is 1.50. The van der Waals surface area contributed by atoms with Crippen molar-refractivity contribution in [2.45, 2.75) is 51.3 Å². The summed E-state index contributed by atoms with van der Waals surface area (Å²) in [5.41, 5.74) is 0.443. The van der Waals surface area contributed by atoms with Gasteiger partial charge in [0, 0.05) is 24.5 Å². The van der Waals surface area contributed by atoms with E-state index in [-0.39, 0.29) is 6.09 Å². The first-order chi connectivity index (χ1) is 10.7. The van der Waals surface area contributed by atoms with E-state index in [0.29, 0.717) is 11.1 Å². The van der Waals surface area contributed by atoms with Gasteiger partial charge in [-0.1, -0.05) is 23.4 Å². The van der Waals surface area contributed by atoms with Crippen molar-refractivity contribution >= 4 is 29.5 Å². The number of piperidine rings is 1. The molecule has 0 atom stereocenters. The van der Waals surface area contributed by atoms with Crippen LogP contribution in [0.2, 0.25) is 5.15 Å². The predicted octanol–water partition coefficient (Wildman–Crippen LogP) is 4.18. The lowest BCUT2D eigenvalue weighted by Crippen LogP contribution is -2.42. The van der Waals surface area contributed by atoms with Crippen molar-refractivity contribution in [1.82, 2.24) is 14.9 Å². The maximum Gasteiger partial charge on any atom is 0.410 e. The van der Waals surface area contributed by atoms with Crippen molar-refractivity contribution in [3.8, 4) is 0 Å². The number of ether oxygens (including phenoxy) is 1. The van der Waals surface area contributed by atoms with Crippen LogP contribution in [0.25, 0.3) is 0 Å². The molecule has 23 heavy (non-hydrogen) atoms. The number of carbonyl (C=O) groups is 1. The number of amides is 1. The molecule has 1 amide bonds. The topological polar surface area (TPSA) is 55.3 Å². The molecule has 0 aromatic carbocycles. The first kappa shape index (κ1) is 18.3. The fourth-order valence-corrected chi connectivity index (χ4v) is 3.75. The zero-order valence-electron chi connectivity index (χ0n) is 14.1. The maximum absolute atomic E-state index is 12.0. The Morgan fingerprint density at radius 3 is 2.61 bits per heavy atom. The molecule has 1 saturated heterocycles. The van der Waals surface area contributed by atoms with E-state index in [1.807, 2.05) is 27.7 Å². The second kappa shape index (κ2) is 7.71. The summed E-state index contributed by atoms with van der Waals surface area (Å²) in [6.07, 6.45) is 1.75. The van der Waals surface area contributed by atoms with E-state index < -0.39 is 5.60 Å². The van der Waals surface area contributed by atoms with E-state index in [2.05, 4.69) is 9.97 Å². The number of likely N-dealkylation sites (tertiary alicyclic amines) is 1. The van der Waals surface area contributed by atoms with Gasteiger partial charge in [0.25, 0.3) is 0 Å². The monoisotopic (exact) mass is 357 g/mol. The number of thioether (sulfide) groups is 1. The van der Waals surface area contributed by atoms with Gasteiger partial charge in [0.15, 0.2) is 5.16 Å². The quantitative estimate of drug-likeness (QED) is 0.461. The number of halogens is 1. The normalized spacial score (nSPS) is 16.5. The van der Waals surface area contributed by atoms with Crippen LogP contribution < -0.4 is 0 Å². The Kier molecular flexibility index (Phi) is 6.14. The number of rotatable bonds is 3. The van der Waals surface area contributed by atoms with Crippen LogP contribution in [-0.2, 0) is 4.74 Å². The van der Waals surface area contributed by atoms with Crippen LogP contribution in [0.1, 0.15) is 39.3 Å². The molecule has 0 N–H and O–H groups in total. The van der Waals surface area contributed by atoms with Crippen molar-refractivity contribution in [2.75, 3.05) is 18.8 Å². The zero-order valence-corrected chi connectivity index (χ0v) is 15.7. The van der Waals surface area contributed by atoms with Crippen LogP contribution in [0, 0.1) is 12.8 Å². The Morgan fingerprint density at radius 2 is 2.04 bits per heavy atom. The van der Waals surface area contributed by atoms with Gasteiger partial charge in [-0.05, 0) is 52.5 Å². The van der Waals surface area contributed by atoms with E-state index in [1.165, 1.54) is 0 Å². The standard InChI is InChI=1S/C16H24ClN3O2S/c1-11-9-13(17)19-14(18-11)23-10-12-5-7-20(8-6-12)15(21)22-16(2,3)4/h9,12H,5-8,10H2,1-4H3. The fourth-order valence-electron chi connectivity index (χ4n) is 2.37. The largest absolute Gasteiger partial charge is 0.444 e. The third kappa shape index (κ3) is 6.18. The van der Waals surface area contributed by atoms with Gasteiger partial charge >= 0.3 is 6.09 Å². The van der Waals surface area contributed by atoms with Crippen LogP contribution in [0.5, 0.6) is 0 Å². The molecule has 2 rings (SSSR count). The molecule has 1 aliphatic heterocycles. The highest BCUT2D eigenvalue weighted by Crippen LogP contribution is 2.26. The highest BCUT2D eigenvalue weighted by Gasteiger charge is 2.26. The summed E-state index contributed by atoms with van der Waals surface area (Å²) in [4.78, 5) is 22.5. The Labute approximate surface area is 147 Å². The molecular formula is C16H24ClN3O2S. The van der Waals surface area contributed by atoms with Gasteiger partial charge < -0.3 is 9.64 Å². The minimum Gasteiger partial charge on any atom is -0.444 e. The Bertz CT molecular complexity index is 534. The van der Waals surface area contributed by atoms with Gasteiger partial charge in [0.2, 0.25) is 0 Å². The lowest BCUT2D eigenvalue weighted by molar-refractivity contribution is 0.0191. The van der Waals surface area contributed by atoms with Crippen LogP contribution in [0.3, 0.4) is 0 Å². The van der Waals surface area contributed by atoms with Crippen molar-refractivity contribution in [1.29, 1.82) is 0 Å². The summed E-state index contributed by atoms with van der Waals surface area (Å²) in [7, 11) is 0. The van der Waals surface area contributed by atoms with E-state index in [0.717, 1.165) is 42.5 Å². The van der Waals surface area contributed by atoms with Crippen LogP contribution in [0.15, 0.2) is 11.2 Å². The first-order valence-corrected chi connectivity index (χ1v) is 9.21. The molecular weight excluding hydrogens is 334 g/mol. The summed E-state index contributed by atoms with van der Waals surface area (Å²) in [6, 6.07) is 1.75. The number of nitrogens with zero attached hydrogens (tertiary/aromatic N) is 3. The predicted molar refractivity (Wildman–Crippen MR) is 93.0 cm³/mol. The third-order valence-electron chi connectivity index (χ3n) is 3.52. The number of hydrogen-bond acceptors (Lipinski definition) is 5. The van der Waals surface area contributed by atoms with E-state index in [1.54, 1.807) is 22.7 Å². The Morgan fingerprint density at radius 1 is 1.39 bits per heavy atom. The molecule has 1 fully saturated rings. The minimum atomic E-state index is -0.439. The van der Waals surface area contributed by atoms with Gasteiger partial charge in [-0.2, -0.15) is 0 Å². The number of aromatic nitrogens is 2. The maximum atomic E-state index is 12.0. The fraction of sp³-hybridized carbons (Fsp3) is 0.688. The van der Waals surface area contributed by atoms with Gasteiger partial charge in [0.1, 0.15) is 10.8 Å². The smallest absolute Gasteiger partial charge is 0.410 e. The molecule has 0 unspecified atom stereocenters. The molecule has 1 aromatic rings. The molecule has 5 nitrogen and oxygen atoms in total. The molecule has 0 bridgehead atoms. The lowest BCUT2D eigenvalue weighted by atomic mass is 9.99. The van der Waals surface area contributed by atoms with Crippen LogP contribution in [0.4, 0.5) is 4.79 Å². The first-order valence-electron chi connectivity index (χ1n) is 7.85. The number of carbonyl (C=O) groups excluding carboxylic acids is 1. The van der Waals surface area contributed by atoms with Crippen molar-refractivity contribution < 1.29 is 9.53 Å². The van der Waals surface area contributed by atoms with E-state index in [9.17, 15) is 4.79 Å². The van der Waals surface area contributed by atoms with Crippen LogP contribution in [-0.4, -0.2) is 45.4 Å². The minimum absolute atomic E-state index is 0.211. The average molecular weight is 358 g/mol. The van der Waals surface area contributed by atoms with Gasteiger partial charge in [-0.3, -0.25) is 0 Å². The molecule has 0 saturated carbocycles. The zero-order chi connectivity index (χ0) is 17.0. The van der Waals surface area contributed by atoms with E-state index in [4.69, 9.17) is 16.3 Å². The molecule has 1 aliphatic rings. The Hall–Kier alpha value is -1.01. The van der Waals surface area contributed by atoms with Gasteiger partial charge in [-0.25, -0.2) is 14.8 Å². The SMILES string of the molecule is Cc1cc(Cl)nc(SCC2CCN(C(=O)OC(C)(C)C)CC2)n1. The summed E-state index contributed by atoms with van der Waals surface area (Å²) >= 11 is 7.59. The second-order valence-corrected chi connectivity index (χ2v) is 8.21. The second-order valence-electron chi connectivity index (χ2n) is 6.84. The van der Waals surface area contributed by atoms with Gasteiger partial charge in [-0.15, -0.1) is 0 Å². The molecule has 0 spiro atoms. The average Bonchev–Trinajstić information content (AvgIpc) is 2.43. The van der Waals surface area contributed by atoms with Crippen molar-refractivity contribution in [3.63, 3.8) is 0 Å². The van der Waals surface area contributed by atoms with Crippen molar-refractivity contribution in [3.05, 3.63) is 16.9 Å².